The lowest BCUT2D eigenvalue weighted by Crippen LogP contribution is -2.34. The monoisotopic (exact) mass is 249 g/mol. The Kier molecular flexibility index (Phi) is 4.11. The number of amides is 1. The number of rotatable bonds is 6. The van der Waals surface area contributed by atoms with Crippen molar-refractivity contribution in [3.63, 3.8) is 0 Å². The van der Waals surface area contributed by atoms with E-state index < -0.39 is 0 Å². The van der Waals surface area contributed by atoms with Crippen LogP contribution in [0.5, 0.6) is 0 Å². The van der Waals surface area contributed by atoms with Crippen molar-refractivity contribution >= 4 is 11.6 Å². The maximum atomic E-state index is 11.8. The van der Waals surface area contributed by atoms with Gasteiger partial charge in [-0.05, 0) is 32.0 Å². The van der Waals surface area contributed by atoms with Gasteiger partial charge in [0.05, 0.1) is 11.9 Å². The van der Waals surface area contributed by atoms with Crippen LogP contribution in [0.1, 0.15) is 23.3 Å². The Morgan fingerprint density at radius 2 is 2.33 bits per heavy atom. The molecule has 1 saturated carbocycles. The number of pyridine rings is 1. The molecule has 4 N–H and O–H groups in total. The van der Waals surface area contributed by atoms with Crippen molar-refractivity contribution < 1.29 is 4.79 Å². The van der Waals surface area contributed by atoms with Gasteiger partial charge in [-0.3, -0.25) is 10.6 Å². The number of hydrogen-bond donors (Lipinski definition) is 3. The van der Waals surface area contributed by atoms with Crippen LogP contribution in [0.25, 0.3) is 0 Å². The van der Waals surface area contributed by atoms with E-state index >= 15 is 0 Å². The molecule has 0 aliphatic heterocycles. The third-order valence-corrected chi connectivity index (χ3v) is 3.08. The van der Waals surface area contributed by atoms with Gasteiger partial charge < -0.3 is 15.6 Å². The zero-order chi connectivity index (χ0) is 13.0. The summed E-state index contributed by atoms with van der Waals surface area (Å²) in [5.74, 6) is 5.08. The van der Waals surface area contributed by atoms with Crippen LogP contribution < -0.4 is 16.6 Å². The molecule has 6 nitrogen and oxygen atoms in total. The molecule has 0 aromatic carbocycles. The standard InChI is InChI=1S/C12H19N5O/c1-17(10-3-4-10)7-6-14-12(18)11-5-2-9(16-13)8-15-11/h2,5,8,10,16H,3-4,6-7,13H2,1H3,(H,14,18). The second-order valence-electron chi connectivity index (χ2n) is 4.54. The van der Waals surface area contributed by atoms with Crippen molar-refractivity contribution in [1.29, 1.82) is 0 Å². The molecule has 0 spiro atoms. The molecule has 0 radical (unpaired) electrons. The average molecular weight is 249 g/mol. The second-order valence-corrected chi connectivity index (χ2v) is 4.54. The molecule has 0 bridgehead atoms. The van der Waals surface area contributed by atoms with Crippen LogP contribution in [0.2, 0.25) is 0 Å². The van der Waals surface area contributed by atoms with Crippen LogP contribution in [-0.4, -0.2) is 42.0 Å². The lowest BCUT2D eigenvalue weighted by atomic mass is 10.3. The molecule has 1 heterocycles. The third kappa shape index (κ3) is 3.41. The Hall–Kier alpha value is -1.66. The first kappa shape index (κ1) is 12.8. The Labute approximate surface area is 107 Å². The van der Waals surface area contributed by atoms with E-state index in [1.807, 2.05) is 0 Å². The van der Waals surface area contributed by atoms with Gasteiger partial charge in [-0.1, -0.05) is 0 Å². The summed E-state index contributed by atoms with van der Waals surface area (Å²) in [6.07, 6.45) is 4.09. The van der Waals surface area contributed by atoms with Crippen LogP contribution >= 0.6 is 0 Å². The number of nitrogen functional groups attached to an aromatic ring is 1. The van der Waals surface area contributed by atoms with E-state index in [4.69, 9.17) is 5.84 Å². The van der Waals surface area contributed by atoms with Crippen molar-refractivity contribution in [2.24, 2.45) is 5.84 Å². The fourth-order valence-corrected chi connectivity index (χ4v) is 1.75. The molecule has 0 atom stereocenters. The Morgan fingerprint density at radius 3 is 2.89 bits per heavy atom. The van der Waals surface area contributed by atoms with Crippen molar-refractivity contribution in [1.82, 2.24) is 15.2 Å². The predicted octanol–water partition coefficient (Wildman–Crippen LogP) is 0.191. The highest BCUT2D eigenvalue weighted by molar-refractivity contribution is 5.92. The summed E-state index contributed by atoms with van der Waals surface area (Å²) in [5, 5.41) is 2.86. The summed E-state index contributed by atoms with van der Waals surface area (Å²) in [5.41, 5.74) is 3.56. The molecule has 6 heteroatoms. The molecular formula is C12H19N5O. The van der Waals surface area contributed by atoms with E-state index in [-0.39, 0.29) is 5.91 Å². The van der Waals surface area contributed by atoms with Gasteiger partial charge in [-0.2, -0.15) is 0 Å². The quantitative estimate of drug-likeness (QED) is 0.495. The molecule has 0 saturated heterocycles. The molecule has 1 aliphatic rings. The molecule has 1 amide bonds. The Bertz CT molecular complexity index is 401. The van der Waals surface area contributed by atoms with Crippen LogP contribution in [0.4, 0.5) is 5.69 Å². The van der Waals surface area contributed by atoms with Crippen LogP contribution in [0.3, 0.4) is 0 Å². The lowest BCUT2D eigenvalue weighted by Gasteiger charge is -2.15. The van der Waals surface area contributed by atoms with E-state index in [1.165, 1.54) is 19.0 Å². The summed E-state index contributed by atoms with van der Waals surface area (Å²) in [7, 11) is 2.09. The summed E-state index contributed by atoms with van der Waals surface area (Å²) < 4.78 is 0. The van der Waals surface area contributed by atoms with Gasteiger partial charge in [0.2, 0.25) is 0 Å². The number of likely N-dealkylation sites (N-methyl/N-ethyl adjacent to an activating group) is 1. The molecule has 1 aliphatic carbocycles. The normalized spacial score (nSPS) is 14.6. The highest BCUT2D eigenvalue weighted by Gasteiger charge is 2.25. The smallest absolute Gasteiger partial charge is 0.269 e. The number of carbonyl (C=O) groups excluding carboxylic acids is 1. The molecular weight excluding hydrogens is 230 g/mol. The maximum absolute atomic E-state index is 11.8. The van der Waals surface area contributed by atoms with Crippen LogP contribution in [0, 0.1) is 0 Å². The predicted molar refractivity (Wildman–Crippen MR) is 70.0 cm³/mol. The van der Waals surface area contributed by atoms with Crippen molar-refractivity contribution in [3.05, 3.63) is 24.0 Å². The molecule has 98 valence electrons. The zero-order valence-electron chi connectivity index (χ0n) is 10.5. The lowest BCUT2D eigenvalue weighted by molar-refractivity contribution is 0.0944. The number of hydrogen-bond acceptors (Lipinski definition) is 5. The first-order chi connectivity index (χ1) is 8.70. The average Bonchev–Trinajstić information content (AvgIpc) is 3.23. The van der Waals surface area contributed by atoms with E-state index in [0.29, 0.717) is 17.9 Å². The Balaban J connectivity index is 1.75. The van der Waals surface area contributed by atoms with E-state index in [2.05, 4.69) is 27.7 Å². The van der Waals surface area contributed by atoms with Crippen molar-refractivity contribution in [2.75, 3.05) is 25.6 Å². The summed E-state index contributed by atoms with van der Waals surface area (Å²) in [6.45, 7) is 1.52. The Morgan fingerprint density at radius 1 is 1.56 bits per heavy atom. The van der Waals surface area contributed by atoms with E-state index in [1.54, 1.807) is 12.1 Å². The van der Waals surface area contributed by atoms with Crippen LogP contribution in [0.15, 0.2) is 18.3 Å². The van der Waals surface area contributed by atoms with Gasteiger partial charge in [-0.15, -0.1) is 0 Å². The van der Waals surface area contributed by atoms with E-state index in [0.717, 1.165) is 12.6 Å². The summed E-state index contributed by atoms with van der Waals surface area (Å²) in [6, 6.07) is 4.09. The molecule has 1 fully saturated rings. The minimum atomic E-state index is -0.150. The molecule has 2 rings (SSSR count). The van der Waals surface area contributed by atoms with Crippen LogP contribution in [-0.2, 0) is 0 Å². The number of nitrogens with two attached hydrogens (primary N) is 1. The van der Waals surface area contributed by atoms with Crippen molar-refractivity contribution in [3.8, 4) is 0 Å². The number of carbonyl (C=O) groups is 1. The highest BCUT2D eigenvalue weighted by atomic mass is 16.1. The third-order valence-electron chi connectivity index (χ3n) is 3.08. The minimum absolute atomic E-state index is 0.150. The molecule has 0 unspecified atom stereocenters. The second kappa shape index (κ2) is 5.79. The SMILES string of the molecule is CN(CCNC(=O)c1ccc(NN)cn1)C1CC1. The van der Waals surface area contributed by atoms with Gasteiger partial charge in [-0.25, -0.2) is 4.98 Å². The zero-order valence-corrected chi connectivity index (χ0v) is 10.5. The largest absolute Gasteiger partial charge is 0.349 e. The highest BCUT2D eigenvalue weighted by Crippen LogP contribution is 2.24. The number of anilines is 1. The molecule has 1 aromatic rings. The molecule has 1 aromatic heterocycles. The van der Waals surface area contributed by atoms with Gasteiger partial charge in [0.15, 0.2) is 0 Å². The van der Waals surface area contributed by atoms with Gasteiger partial charge in [0, 0.05) is 19.1 Å². The van der Waals surface area contributed by atoms with Crippen molar-refractivity contribution in [2.45, 2.75) is 18.9 Å². The fourth-order valence-electron chi connectivity index (χ4n) is 1.75. The first-order valence-electron chi connectivity index (χ1n) is 6.12. The fraction of sp³-hybridized carbons (Fsp3) is 0.500. The minimum Gasteiger partial charge on any atom is -0.349 e. The maximum Gasteiger partial charge on any atom is 0.269 e. The summed E-state index contributed by atoms with van der Waals surface area (Å²) in [4.78, 5) is 18.1. The van der Waals surface area contributed by atoms with Gasteiger partial charge >= 0.3 is 0 Å². The van der Waals surface area contributed by atoms with E-state index in [9.17, 15) is 4.79 Å². The topological polar surface area (TPSA) is 83.3 Å². The summed E-state index contributed by atoms with van der Waals surface area (Å²) >= 11 is 0. The molecule has 18 heavy (non-hydrogen) atoms. The number of nitrogens with one attached hydrogen (secondary N) is 2. The number of aromatic nitrogens is 1. The number of hydrazine groups is 1. The van der Waals surface area contributed by atoms with Gasteiger partial charge in [0.1, 0.15) is 5.69 Å². The number of nitrogens with zero attached hydrogens (tertiary/aromatic N) is 2. The first-order valence-corrected chi connectivity index (χ1v) is 6.12. The van der Waals surface area contributed by atoms with Gasteiger partial charge in [0.25, 0.3) is 5.91 Å².